The highest BCUT2D eigenvalue weighted by atomic mass is 35.5. The second kappa shape index (κ2) is 3.52. The quantitative estimate of drug-likeness (QED) is 0.702. The van der Waals surface area contributed by atoms with Crippen LogP contribution in [0.25, 0.3) is 0 Å². The monoisotopic (exact) mass is 202 g/mol. The summed E-state index contributed by atoms with van der Waals surface area (Å²) in [5.41, 5.74) is 0. The largest absolute Gasteiger partial charge is 0.488 e. The Balaban J connectivity index is 2.01. The second-order valence-electron chi connectivity index (χ2n) is 2.84. The normalized spacial score (nSPS) is 20.0. The van der Waals surface area contributed by atoms with Crippen LogP contribution in [0.5, 0.6) is 5.75 Å². The molecule has 1 fully saturated rings. The van der Waals surface area contributed by atoms with Crippen LogP contribution in [-0.4, -0.2) is 19.3 Å². The van der Waals surface area contributed by atoms with Crippen LogP contribution in [0.1, 0.15) is 0 Å². The van der Waals surface area contributed by atoms with E-state index in [1.54, 1.807) is 6.07 Å². The average Bonchev–Trinajstić information content (AvgIpc) is 2.86. The van der Waals surface area contributed by atoms with Gasteiger partial charge in [-0.2, -0.15) is 0 Å². The van der Waals surface area contributed by atoms with Gasteiger partial charge in [-0.3, -0.25) is 0 Å². The summed E-state index contributed by atoms with van der Waals surface area (Å²) in [6, 6.07) is 4.33. The van der Waals surface area contributed by atoms with Gasteiger partial charge in [-0.15, -0.1) is 0 Å². The van der Waals surface area contributed by atoms with Gasteiger partial charge in [-0.05, 0) is 18.2 Å². The molecule has 1 heterocycles. The fourth-order valence-electron chi connectivity index (χ4n) is 0.939. The molecule has 1 aromatic rings. The Morgan fingerprint density at radius 2 is 2.38 bits per heavy atom. The molecule has 1 aliphatic rings. The van der Waals surface area contributed by atoms with Crippen LogP contribution < -0.4 is 4.74 Å². The van der Waals surface area contributed by atoms with E-state index >= 15 is 0 Å². The van der Waals surface area contributed by atoms with E-state index in [4.69, 9.17) is 21.1 Å². The van der Waals surface area contributed by atoms with Crippen molar-refractivity contribution in [2.75, 3.05) is 13.2 Å². The minimum absolute atomic E-state index is 0.134. The molecule has 1 atom stereocenters. The fraction of sp³-hybridized carbons (Fsp3) is 0.333. The SMILES string of the molecule is Fc1cc(Cl)ccc1OC[C@@H]1CO1. The van der Waals surface area contributed by atoms with E-state index in [-0.39, 0.29) is 11.9 Å². The lowest BCUT2D eigenvalue weighted by Gasteiger charge is -2.04. The zero-order valence-corrected chi connectivity index (χ0v) is 7.55. The molecule has 1 aromatic carbocycles. The molecule has 0 N–H and O–H groups in total. The van der Waals surface area contributed by atoms with Crippen molar-refractivity contribution in [1.82, 2.24) is 0 Å². The van der Waals surface area contributed by atoms with Crippen LogP contribution in [0.15, 0.2) is 18.2 Å². The van der Waals surface area contributed by atoms with E-state index in [2.05, 4.69) is 0 Å². The molecule has 0 radical (unpaired) electrons. The lowest BCUT2D eigenvalue weighted by Crippen LogP contribution is -2.05. The van der Waals surface area contributed by atoms with Gasteiger partial charge in [0.15, 0.2) is 11.6 Å². The first-order valence-electron chi connectivity index (χ1n) is 3.95. The molecule has 2 nitrogen and oxygen atoms in total. The number of halogens is 2. The first-order valence-corrected chi connectivity index (χ1v) is 4.33. The molecule has 0 saturated carbocycles. The molecule has 0 unspecified atom stereocenters. The molecule has 1 aliphatic heterocycles. The van der Waals surface area contributed by atoms with Crippen molar-refractivity contribution in [3.8, 4) is 5.75 Å². The summed E-state index contributed by atoms with van der Waals surface area (Å²) < 4.78 is 23.1. The molecular weight excluding hydrogens is 195 g/mol. The number of epoxide rings is 1. The van der Waals surface area contributed by atoms with Gasteiger partial charge in [0.1, 0.15) is 12.7 Å². The lowest BCUT2D eigenvalue weighted by molar-refractivity contribution is 0.254. The van der Waals surface area contributed by atoms with E-state index in [1.807, 2.05) is 0 Å². The van der Waals surface area contributed by atoms with Crippen LogP contribution in [0.4, 0.5) is 4.39 Å². The Morgan fingerprint density at radius 3 is 3.00 bits per heavy atom. The van der Waals surface area contributed by atoms with Crippen molar-refractivity contribution in [1.29, 1.82) is 0 Å². The van der Waals surface area contributed by atoms with Crippen LogP contribution in [0.2, 0.25) is 5.02 Å². The Hall–Kier alpha value is -0.800. The molecule has 2 rings (SSSR count). The number of benzene rings is 1. The van der Waals surface area contributed by atoms with Gasteiger partial charge < -0.3 is 9.47 Å². The summed E-state index contributed by atoms with van der Waals surface area (Å²) in [6.07, 6.45) is 0.134. The van der Waals surface area contributed by atoms with E-state index in [9.17, 15) is 4.39 Å². The van der Waals surface area contributed by atoms with Gasteiger partial charge in [0, 0.05) is 5.02 Å². The Kier molecular flexibility index (Phi) is 2.38. The maximum absolute atomic E-state index is 13.1. The Bertz CT molecular complexity index is 312. The minimum atomic E-state index is -0.437. The standard InChI is InChI=1S/C9H8ClFO2/c10-6-1-2-9(8(11)3-6)13-5-7-4-12-7/h1-3,7H,4-5H2/t7-/m0/s1. The summed E-state index contributed by atoms with van der Waals surface area (Å²) in [6.45, 7) is 1.10. The van der Waals surface area contributed by atoms with E-state index in [0.717, 1.165) is 0 Å². The molecule has 70 valence electrons. The third-order valence-corrected chi connectivity index (χ3v) is 1.96. The van der Waals surface area contributed by atoms with Crippen molar-refractivity contribution < 1.29 is 13.9 Å². The van der Waals surface area contributed by atoms with Crippen LogP contribution in [0.3, 0.4) is 0 Å². The molecule has 0 spiro atoms. The smallest absolute Gasteiger partial charge is 0.166 e. The van der Waals surface area contributed by atoms with Crippen LogP contribution in [-0.2, 0) is 4.74 Å². The number of rotatable bonds is 3. The number of hydrogen-bond acceptors (Lipinski definition) is 2. The molecule has 0 aliphatic carbocycles. The van der Waals surface area contributed by atoms with Gasteiger partial charge in [0.25, 0.3) is 0 Å². The van der Waals surface area contributed by atoms with Gasteiger partial charge in [-0.1, -0.05) is 11.6 Å². The van der Waals surface area contributed by atoms with E-state index in [0.29, 0.717) is 18.2 Å². The number of hydrogen-bond donors (Lipinski definition) is 0. The van der Waals surface area contributed by atoms with Crippen LogP contribution in [0, 0.1) is 5.82 Å². The highest BCUT2D eigenvalue weighted by Crippen LogP contribution is 2.22. The van der Waals surface area contributed by atoms with E-state index < -0.39 is 5.82 Å². The maximum atomic E-state index is 13.1. The minimum Gasteiger partial charge on any atom is -0.488 e. The van der Waals surface area contributed by atoms with E-state index in [1.165, 1.54) is 12.1 Å². The summed E-state index contributed by atoms with van der Waals surface area (Å²) in [4.78, 5) is 0. The van der Waals surface area contributed by atoms with Crippen molar-refractivity contribution in [2.24, 2.45) is 0 Å². The van der Waals surface area contributed by atoms with Gasteiger partial charge in [0.05, 0.1) is 6.61 Å². The summed E-state index contributed by atoms with van der Waals surface area (Å²) in [7, 11) is 0. The zero-order valence-electron chi connectivity index (χ0n) is 6.80. The first kappa shape index (κ1) is 8.78. The maximum Gasteiger partial charge on any atom is 0.166 e. The summed E-state index contributed by atoms with van der Waals surface area (Å²) in [5, 5.41) is 0.368. The topological polar surface area (TPSA) is 21.8 Å². The van der Waals surface area contributed by atoms with Crippen molar-refractivity contribution in [3.05, 3.63) is 29.0 Å². The third kappa shape index (κ3) is 2.32. The molecule has 0 aromatic heterocycles. The summed E-state index contributed by atoms with van der Waals surface area (Å²) >= 11 is 5.57. The Morgan fingerprint density at radius 1 is 1.62 bits per heavy atom. The fourth-order valence-corrected chi connectivity index (χ4v) is 1.10. The van der Waals surface area contributed by atoms with Gasteiger partial charge >= 0.3 is 0 Å². The van der Waals surface area contributed by atoms with Crippen LogP contribution >= 0.6 is 11.6 Å². The summed E-state index contributed by atoms with van der Waals surface area (Å²) in [5.74, 6) is -0.215. The predicted octanol–water partition coefficient (Wildman–Crippen LogP) is 2.26. The van der Waals surface area contributed by atoms with Crippen molar-refractivity contribution in [3.63, 3.8) is 0 Å². The Labute approximate surface area is 80.2 Å². The predicted molar refractivity (Wildman–Crippen MR) is 46.6 cm³/mol. The molecule has 0 amide bonds. The molecule has 1 saturated heterocycles. The van der Waals surface area contributed by atoms with Gasteiger partial charge in [0.2, 0.25) is 0 Å². The molecule has 13 heavy (non-hydrogen) atoms. The lowest BCUT2D eigenvalue weighted by atomic mass is 10.3. The molecular formula is C9H8ClFO2. The second-order valence-corrected chi connectivity index (χ2v) is 3.28. The number of ether oxygens (including phenoxy) is 2. The zero-order chi connectivity index (χ0) is 9.26. The highest BCUT2D eigenvalue weighted by Gasteiger charge is 2.23. The van der Waals surface area contributed by atoms with Crippen molar-refractivity contribution in [2.45, 2.75) is 6.10 Å². The van der Waals surface area contributed by atoms with Gasteiger partial charge in [-0.25, -0.2) is 4.39 Å². The molecule has 0 bridgehead atoms. The first-order chi connectivity index (χ1) is 6.25. The molecule has 4 heteroatoms. The van der Waals surface area contributed by atoms with Crippen molar-refractivity contribution >= 4 is 11.6 Å². The average molecular weight is 203 g/mol. The highest BCUT2D eigenvalue weighted by molar-refractivity contribution is 6.30. The third-order valence-electron chi connectivity index (χ3n) is 1.72.